The molecule has 0 amide bonds. The molecule has 0 aromatic heterocycles. The normalized spacial score (nSPS) is 7.50. The Kier molecular flexibility index (Phi) is 3.69. The fraction of sp³-hybridized carbons (Fsp3) is 0.500. The summed E-state index contributed by atoms with van der Waals surface area (Å²) in [5.74, 6) is 0.620. The molecule has 0 aliphatic carbocycles. The lowest BCUT2D eigenvalue weighted by atomic mass is 10.6. The Morgan fingerprint density at radius 2 is 2.50 bits per heavy atom. The lowest BCUT2D eigenvalue weighted by molar-refractivity contribution is 0.231. The zero-order valence-electron chi connectivity index (χ0n) is 5.05. The molecule has 0 aromatic carbocycles. The molecule has 0 aliphatic rings. The maximum absolute atomic E-state index is 4.91. The van der Waals surface area contributed by atoms with Gasteiger partial charge >= 0.3 is 6.54 Å². The van der Waals surface area contributed by atoms with E-state index in [1.165, 1.54) is 0 Å². The molecule has 0 heterocycles. The average Bonchev–Trinajstić information content (AvgIpc) is 1.68. The number of nitrogens with zero attached hydrogens (tertiary/aromatic N) is 1. The van der Waals surface area contributed by atoms with Crippen molar-refractivity contribution in [2.75, 3.05) is 13.2 Å². The molecule has 0 N–H and O–H groups in total. The van der Waals surface area contributed by atoms with Crippen molar-refractivity contribution in [3.05, 3.63) is 17.2 Å². The van der Waals surface area contributed by atoms with Crippen LogP contribution in [0, 0.1) is 6.57 Å². The van der Waals surface area contributed by atoms with Crippen molar-refractivity contribution in [1.82, 2.24) is 0 Å². The van der Waals surface area contributed by atoms with Crippen LogP contribution in [0.3, 0.4) is 0 Å². The van der Waals surface area contributed by atoms with Crippen LogP contribution in [0.2, 0.25) is 0 Å². The summed E-state index contributed by atoms with van der Waals surface area (Å²) in [7, 11) is 0. The second kappa shape index (κ2) is 4.20. The van der Waals surface area contributed by atoms with E-state index in [1.807, 2.05) is 6.92 Å². The number of rotatable bonds is 3. The maximum Gasteiger partial charge on any atom is 0.318 e. The average molecular weight is 112 g/mol. The summed E-state index contributed by atoms with van der Waals surface area (Å²) in [5, 5.41) is 0. The van der Waals surface area contributed by atoms with Crippen LogP contribution in [-0.2, 0) is 4.74 Å². The van der Waals surface area contributed by atoms with Crippen molar-refractivity contribution in [1.29, 1.82) is 0 Å². The van der Waals surface area contributed by atoms with Gasteiger partial charge in [0, 0.05) is 0 Å². The minimum atomic E-state index is 0.397. The first-order chi connectivity index (χ1) is 3.81. The van der Waals surface area contributed by atoms with Gasteiger partial charge in [-0.05, 0) is 6.92 Å². The SMILES string of the molecule is C#[N+]CC(=C)OCC. The second-order valence-electron chi connectivity index (χ2n) is 1.31. The first-order valence-electron chi connectivity index (χ1n) is 2.48. The first-order valence-corrected chi connectivity index (χ1v) is 2.48. The summed E-state index contributed by atoms with van der Waals surface area (Å²) < 4.78 is 4.91. The summed E-state index contributed by atoms with van der Waals surface area (Å²) in [6.45, 7) is 11.3. The van der Waals surface area contributed by atoms with Gasteiger partial charge in [-0.1, -0.05) is 11.4 Å². The lowest BCUT2D eigenvalue weighted by Crippen LogP contribution is -1.90. The highest BCUT2D eigenvalue weighted by atomic mass is 16.5. The third-order valence-corrected chi connectivity index (χ3v) is 0.616. The van der Waals surface area contributed by atoms with Crippen LogP contribution in [0.4, 0.5) is 0 Å². The number of hydrogen-bond donors (Lipinski definition) is 0. The Morgan fingerprint density at radius 3 is 2.88 bits per heavy atom. The quantitative estimate of drug-likeness (QED) is 0.504. The Balaban J connectivity index is 3.23. The fourth-order valence-electron chi connectivity index (χ4n) is 0.352. The molecule has 0 atom stereocenters. The van der Waals surface area contributed by atoms with Gasteiger partial charge in [0.25, 0.3) is 6.57 Å². The highest BCUT2D eigenvalue weighted by Crippen LogP contribution is 1.91. The molecular weight excluding hydrogens is 102 g/mol. The van der Waals surface area contributed by atoms with Gasteiger partial charge in [0.2, 0.25) is 0 Å². The van der Waals surface area contributed by atoms with Crippen molar-refractivity contribution in [2.45, 2.75) is 6.92 Å². The third-order valence-electron chi connectivity index (χ3n) is 0.616. The lowest BCUT2D eigenvalue weighted by Gasteiger charge is -1.95. The topological polar surface area (TPSA) is 13.6 Å². The molecule has 0 unspecified atom stereocenters. The van der Waals surface area contributed by atoms with E-state index in [1.54, 1.807) is 0 Å². The highest BCUT2D eigenvalue weighted by molar-refractivity contribution is 4.92. The highest BCUT2D eigenvalue weighted by Gasteiger charge is 1.95. The van der Waals surface area contributed by atoms with E-state index in [9.17, 15) is 0 Å². The van der Waals surface area contributed by atoms with Crippen molar-refractivity contribution < 1.29 is 4.74 Å². The van der Waals surface area contributed by atoms with Gasteiger partial charge in [-0.3, -0.25) is 0 Å². The predicted octanol–water partition coefficient (Wildman–Crippen LogP) is 1.50. The van der Waals surface area contributed by atoms with Gasteiger partial charge in [0.1, 0.15) is 0 Å². The van der Waals surface area contributed by atoms with E-state index in [4.69, 9.17) is 11.3 Å². The maximum atomic E-state index is 4.91. The van der Waals surface area contributed by atoms with Crippen LogP contribution in [0.15, 0.2) is 12.3 Å². The van der Waals surface area contributed by atoms with Gasteiger partial charge in [0.05, 0.1) is 6.61 Å². The minimum absolute atomic E-state index is 0.397. The van der Waals surface area contributed by atoms with Crippen LogP contribution in [0.1, 0.15) is 6.92 Å². The third kappa shape index (κ3) is 3.23. The molecule has 0 radical (unpaired) electrons. The second-order valence-corrected chi connectivity index (χ2v) is 1.31. The summed E-state index contributed by atoms with van der Waals surface area (Å²) in [6, 6.07) is 0. The monoisotopic (exact) mass is 112 g/mol. The molecule has 0 saturated heterocycles. The zero-order chi connectivity index (χ0) is 6.41. The van der Waals surface area contributed by atoms with Gasteiger partial charge in [0.15, 0.2) is 5.76 Å². The van der Waals surface area contributed by atoms with Crippen LogP contribution in [-0.4, -0.2) is 13.2 Å². The van der Waals surface area contributed by atoms with Gasteiger partial charge < -0.3 is 4.74 Å². The molecule has 8 heavy (non-hydrogen) atoms. The fourth-order valence-corrected chi connectivity index (χ4v) is 0.352. The van der Waals surface area contributed by atoms with E-state index < -0.39 is 0 Å². The minimum Gasteiger partial charge on any atom is -0.491 e. The largest absolute Gasteiger partial charge is 0.491 e. The molecule has 2 nitrogen and oxygen atoms in total. The van der Waals surface area contributed by atoms with Crippen LogP contribution < -0.4 is 0 Å². The molecule has 0 spiro atoms. The Bertz CT molecular complexity index is 112. The first kappa shape index (κ1) is 7.03. The van der Waals surface area contributed by atoms with Gasteiger partial charge in [-0.15, -0.1) is 0 Å². The molecule has 0 bridgehead atoms. The molecule has 0 rings (SSSR count). The van der Waals surface area contributed by atoms with E-state index in [2.05, 4.69) is 11.4 Å². The Labute approximate surface area is 49.6 Å². The molecule has 44 valence electrons. The molecule has 2 heteroatoms. The van der Waals surface area contributed by atoms with E-state index >= 15 is 0 Å². The molecule has 0 aliphatic heterocycles. The Morgan fingerprint density at radius 1 is 1.88 bits per heavy atom. The van der Waals surface area contributed by atoms with Crippen molar-refractivity contribution in [3.63, 3.8) is 0 Å². The number of ether oxygens (including phenoxy) is 1. The van der Waals surface area contributed by atoms with Gasteiger partial charge in [-0.2, -0.15) is 0 Å². The van der Waals surface area contributed by atoms with Crippen LogP contribution >= 0.6 is 0 Å². The molecular formula is C6H10NO+. The van der Waals surface area contributed by atoms with Crippen molar-refractivity contribution in [2.24, 2.45) is 0 Å². The van der Waals surface area contributed by atoms with Crippen molar-refractivity contribution in [3.8, 4) is 6.57 Å². The summed E-state index contributed by atoms with van der Waals surface area (Å²) in [5.41, 5.74) is 0. The molecule has 0 aromatic rings. The zero-order valence-corrected chi connectivity index (χ0v) is 5.05. The molecule has 0 saturated carbocycles. The van der Waals surface area contributed by atoms with Crippen LogP contribution in [0.5, 0.6) is 0 Å². The predicted molar refractivity (Wildman–Crippen MR) is 33.9 cm³/mol. The van der Waals surface area contributed by atoms with Crippen LogP contribution in [0.25, 0.3) is 4.85 Å². The van der Waals surface area contributed by atoms with Gasteiger partial charge in [-0.25, -0.2) is 0 Å². The summed E-state index contributed by atoms with van der Waals surface area (Å²) in [4.78, 5) is 3.33. The standard InChI is InChI=1S/C6H10NO/c1-4-8-6(2)5-7-3/h3H,2,4-5H2,1H3/q+1. The summed E-state index contributed by atoms with van der Waals surface area (Å²) >= 11 is 0. The number of hydrogen-bond acceptors (Lipinski definition) is 1. The van der Waals surface area contributed by atoms with E-state index in [0.717, 1.165) is 0 Å². The van der Waals surface area contributed by atoms with E-state index in [0.29, 0.717) is 18.9 Å². The molecule has 0 fully saturated rings. The summed E-state index contributed by atoms with van der Waals surface area (Å²) in [6.07, 6.45) is 0. The van der Waals surface area contributed by atoms with E-state index in [-0.39, 0.29) is 0 Å². The Hall–Kier alpha value is -0.970. The van der Waals surface area contributed by atoms with Crippen molar-refractivity contribution >= 4 is 0 Å². The smallest absolute Gasteiger partial charge is 0.318 e.